The third kappa shape index (κ3) is 3.84. The van der Waals surface area contributed by atoms with Gasteiger partial charge in [0.25, 0.3) is 0 Å². The highest BCUT2D eigenvalue weighted by molar-refractivity contribution is 6.42. The summed E-state index contributed by atoms with van der Waals surface area (Å²) in [6, 6.07) is 5.86. The van der Waals surface area contributed by atoms with E-state index >= 15 is 0 Å². The highest BCUT2D eigenvalue weighted by Gasteiger charge is 2.16. The third-order valence-corrected chi connectivity index (χ3v) is 4.04. The number of hydrogen-bond donors (Lipinski definition) is 1. The molecule has 1 aromatic carbocycles. The summed E-state index contributed by atoms with van der Waals surface area (Å²) < 4.78 is 0. The number of rotatable bonds is 4. The van der Waals surface area contributed by atoms with Gasteiger partial charge in [0.1, 0.15) is 0 Å². The van der Waals surface area contributed by atoms with Crippen LogP contribution in [0.15, 0.2) is 18.2 Å². The molecule has 0 atom stereocenters. The Bertz CT molecular complexity index is 390. The van der Waals surface area contributed by atoms with Crippen LogP contribution in [-0.4, -0.2) is 49.1 Å². The zero-order valence-corrected chi connectivity index (χ0v) is 11.9. The van der Waals surface area contributed by atoms with Crippen LogP contribution in [-0.2, 0) is 6.54 Å². The lowest BCUT2D eigenvalue weighted by Crippen LogP contribution is -2.47. The maximum Gasteiger partial charge on any atom is 0.0595 e. The van der Waals surface area contributed by atoms with E-state index in [1.165, 1.54) is 5.56 Å². The molecule has 0 saturated carbocycles. The van der Waals surface area contributed by atoms with Crippen molar-refractivity contribution in [2.45, 2.75) is 6.54 Å². The second-order valence-corrected chi connectivity index (χ2v) is 5.47. The molecule has 18 heavy (non-hydrogen) atoms. The Hall–Kier alpha value is -0.320. The van der Waals surface area contributed by atoms with E-state index in [0.29, 0.717) is 10.0 Å². The van der Waals surface area contributed by atoms with Crippen molar-refractivity contribution in [1.82, 2.24) is 9.80 Å². The van der Waals surface area contributed by atoms with Crippen LogP contribution in [0.25, 0.3) is 0 Å². The molecule has 1 fully saturated rings. The molecule has 2 N–H and O–H groups in total. The van der Waals surface area contributed by atoms with Gasteiger partial charge in [-0.25, -0.2) is 0 Å². The van der Waals surface area contributed by atoms with E-state index in [-0.39, 0.29) is 0 Å². The Morgan fingerprint density at radius 3 is 2.28 bits per heavy atom. The molecule has 0 unspecified atom stereocenters. The molecule has 0 amide bonds. The maximum atomic E-state index is 6.02. The average molecular weight is 288 g/mol. The second kappa shape index (κ2) is 6.73. The lowest BCUT2D eigenvalue weighted by Gasteiger charge is -2.34. The van der Waals surface area contributed by atoms with Gasteiger partial charge in [-0.1, -0.05) is 29.3 Å². The molecule has 1 aliphatic heterocycles. The van der Waals surface area contributed by atoms with Crippen LogP contribution < -0.4 is 5.73 Å². The van der Waals surface area contributed by atoms with Crippen molar-refractivity contribution in [3.63, 3.8) is 0 Å². The summed E-state index contributed by atoms with van der Waals surface area (Å²) >= 11 is 11.9. The Balaban J connectivity index is 1.85. The fourth-order valence-electron chi connectivity index (χ4n) is 2.25. The molecule has 2 rings (SSSR count). The van der Waals surface area contributed by atoms with E-state index in [0.717, 1.165) is 45.8 Å². The first-order valence-corrected chi connectivity index (χ1v) is 7.03. The van der Waals surface area contributed by atoms with Crippen LogP contribution in [0.5, 0.6) is 0 Å². The molecule has 0 spiro atoms. The topological polar surface area (TPSA) is 32.5 Å². The summed E-state index contributed by atoms with van der Waals surface area (Å²) in [6.45, 7) is 7.04. The zero-order valence-electron chi connectivity index (χ0n) is 10.4. The van der Waals surface area contributed by atoms with Gasteiger partial charge in [-0.15, -0.1) is 0 Å². The minimum absolute atomic E-state index is 0.619. The Kier molecular flexibility index (Phi) is 5.27. The zero-order chi connectivity index (χ0) is 13.0. The van der Waals surface area contributed by atoms with Gasteiger partial charge in [0, 0.05) is 45.8 Å². The summed E-state index contributed by atoms with van der Waals surface area (Å²) in [6.07, 6.45) is 0. The first kappa shape index (κ1) is 14.1. The Labute approximate surface area is 118 Å². The molecule has 3 nitrogen and oxygen atoms in total. The lowest BCUT2D eigenvalue weighted by atomic mass is 10.2. The van der Waals surface area contributed by atoms with Crippen molar-refractivity contribution in [2.24, 2.45) is 5.73 Å². The highest BCUT2D eigenvalue weighted by atomic mass is 35.5. The largest absolute Gasteiger partial charge is 0.329 e. The lowest BCUT2D eigenvalue weighted by molar-refractivity contribution is 0.130. The Morgan fingerprint density at radius 2 is 1.67 bits per heavy atom. The van der Waals surface area contributed by atoms with E-state index in [2.05, 4.69) is 9.80 Å². The number of nitrogens with zero attached hydrogens (tertiary/aromatic N) is 2. The van der Waals surface area contributed by atoms with Gasteiger partial charge in [-0.2, -0.15) is 0 Å². The van der Waals surface area contributed by atoms with Gasteiger partial charge in [0.15, 0.2) is 0 Å². The van der Waals surface area contributed by atoms with Crippen LogP contribution in [0.1, 0.15) is 5.56 Å². The molecular weight excluding hydrogens is 269 g/mol. The highest BCUT2D eigenvalue weighted by Crippen LogP contribution is 2.23. The van der Waals surface area contributed by atoms with E-state index < -0.39 is 0 Å². The number of piperazine rings is 1. The quantitative estimate of drug-likeness (QED) is 0.920. The fraction of sp³-hybridized carbons (Fsp3) is 0.538. The molecule has 1 aromatic rings. The summed E-state index contributed by atoms with van der Waals surface area (Å²) in [5.74, 6) is 0. The predicted octanol–water partition coefficient (Wildman–Crippen LogP) is 2.07. The van der Waals surface area contributed by atoms with Crippen LogP contribution >= 0.6 is 23.2 Å². The van der Waals surface area contributed by atoms with Crippen molar-refractivity contribution in [1.29, 1.82) is 0 Å². The number of benzene rings is 1. The minimum atomic E-state index is 0.619. The molecule has 0 radical (unpaired) electrons. The van der Waals surface area contributed by atoms with Crippen LogP contribution in [0.2, 0.25) is 10.0 Å². The average Bonchev–Trinajstić information content (AvgIpc) is 2.37. The van der Waals surface area contributed by atoms with Gasteiger partial charge >= 0.3 is 0 Å². The van der Waals surface area contributed by atoms with Crippen molar-refractivity contribution in [2.75, 3.05) is 39.3 Å². The van der Waals surface area contributed by atoms with Crippen LogP contribution in [0.4, 0.5) is 0 Å². The van der Waals surface area contributed by atoms with E-state index in [9.17, 15) is 0 Å². The number of halogens is 2. The third-order valence-electron chi connectivity index (χ3n) is 3.30. The van der Waals surface area contributed by atoms with Crippen molar-refractivity contribution in [3.05, 3.63) is 33.8 Å². The van der Waals surface area contributed by atoms with Crippen molar-refractivity contribution >= 4 is 23.2 Å². The fourth-order valence-corrected chi connectivity index (χ4v) is 2.57. The van der Waals surface area contributed by atoms with Crippen LogP contribution in [0, 0.1) is 0 Å². The van der Waals surface area contributed by atoms with E-state index in [4.69, 9.17) is 28.9 Å². The van der Waals surface area contributed by atoms with Crippen molar-refractivity contribution < 1.29 is 0 Å². The molecule has 1 aliphatic rings. The molecule has 5 heteroatoms. The van der Waals surface area contributed by atoms with Gasteiger partial charge < -0.3 is 5.73 Å². The maximum absolute atomic E-state index is 6.02. The van der Waals surface area contributed by atoms with E-state index in [1.807, 2.05) is 18.2 Å². The summed E-state index contributed by atoms with van der Waals surface area (Å²) in [5.41, 5.74) is 6.79. The van der Waals surface area contributed by atoms with E-state index in [1.54, 1.807) is 0 Å². The van der Waals surface area contributed by atoms with Crippen molar-refractivity contribution in [3.8, 4) is 0 Å². The van der Waals surface area contributed by atoms with Gasteiger partial charge in [0.2, 0.25) is 0 Å². The molecule has 1 saturated heterocycles. The van der Waals surface area contributed by atoms with Crippen LogP contribution in [0.3, 0.4) is 0 Å². The summed E-state index contributed by atoms with van der Waals surface area (Å²) in [5, 5.41) is 1.25. The normalized spacial score (nSPS) is 18.2. The number of nitrogens with two attached hydrogens (primary N) is 1. The number of hydrogen-bond acceptors (Lipinski definition) is 3. The molecule has 0 bridgehead atoms. The molecule has 1 heterocycles. The molecule has 0 aromatic heterocycles. The summed E-state index contributed by atoms with van der Waals surface area (Å²) in [7, 11) is 0. The second-order valence-electron chi connectivity index (χ2n) is 4.65. The van der Waals surface area contributed by atoms with Gasteiger partial charge in [-0.05, 0) is 17.7 Å². The molecular formula is C13H19Cl2N3. The molecule has 100 valence electrons. The first-order valence-electron chi connectivity index (χ1n) is 6.28. The summed E-state index contributed by atoms with van der Waals surface area (Å²) in [4.78, 5) is 4.85. The SMILES string of the molecule is NCCN1CCN(Cc2ccc(Cl)c(Cl)c2)CC1. The standard InChI is InChI=1S/C13H19Cl2N3/c14-12-2-1-11(9-13(12)15)10-18-7-5-17(4-3-16)6-8-18/h1-2,9H,3-8,10,16H2. The molecule has 0 aliphatic carbocycles. The Morgan fingerprint density at radius 1 is 1.00 bits per heavy atom. The minimum Gasteiger partial charge on any atom is -0.329 e. The first-order chi connectivity index (χ1) is 8.69. The predicted molar refractivity (Wildman–Crippen MR) is 77.2 cm³/mol. The smallest absolute Gasteiger partial charge is 0.0595 e. The van der Waals surface area contributed by atoms with Gasteiger partial charge in [0.05, 0.1) is 10.0 Å². The monoisotopic (exact) mass is 287 g/mol. The van der Waals surface area contributed by atoms with Gasteiger partial charge in [-0.3, -0.25) is 9.80 Å².